The van der Waals surface area contributed by atoms with Crippen LogP contribution in [0.5, 0.6) is 0 Å². The number of ether oxygens (including phenoxy) is 1. The number of hydrogen-bond acceptors (Lipinski definition) is 4. The van der Waals surface area contributed by atoms with Crippen molar-refractivity contribution in [1.29, 1.82) is 0 Å². The SMILES string of the molecule is COC1CCN(Cc2nccc3c2CCNC3)C1. The summed E-state index contributed by atoms with van der Waals surface area (Å²) < 4.78 is 5.42. The summed E-state index contributed by atoms with van der Waals surface area (Å²) in [7, 11) is 1.81. The molecule has 0 bridgehead atoms. The molecule has 3 heterocycles. The van der Waals surface area contributed by atoms with Crippen LogP contribution in [0.3, 0.4) is 0 Å². The molecule has 1 aromatic heterocycles. The van der Waals surface area contributed by atoms with Gasteiger partial charge in [0.2, 0.25) is 0 Å². The molecule has 1 N–H and O–H groups in total. The molecule has 0 aliphatic carbocycles. The van der Waals surface area contributed by atoms with Crippen LogP contribution >= 0.6 is 0 Å². The van der Waals surface area contributed by atoms with Crippen molar-refractivity contribution in [3.05, 3.63) is 29.1 Å². The highest BCUT2D eigenvalue weighted by atomic mass is 16.5. The van der Waals surface area contributed by atoms with Gasteiger partial charge >= 0.3 is 0 Å². The summed E-state index contributed by atoms with van der Waals surface area (Å²) in [6.45, 7) is 5.21. The molecule has 1 saturated heterocycles. The first-order valence-electron chi connectivity index (χ1n) is 6.78. The Balaban J connectivity index is 1.73. The molecule has 4 nitrogen and oxygen atoms in total. The number of nitrogens with zero attached hydrogens (tertiary/aromatic N) is 2. The van der Waals surface area contributed by atoms with Crippen molar-refractivity contribution in [1.82, 2.24) is 15.2 Å². The molecule has 0 saturated carbocycles. The van der Waals surface area contributed by atoms with Crippen molar-refractivity contribution in [3.8, 4) is 0 Å². The second-order valence-electron chi connectivity index (χ2n) is 5.20. The van der Waals surface area contributed by atoms with Crippen molar-refractivity contribution < 1.29 is 4.74 Å². The first kappa shape index (κ1) is 12.1. The monoisotopic (exact) mass is 247 g/mol. The Morgan fingerprint density at radius 3 is 3.33 bits per heavy atom. The largest absolute Gasteiger partial charge is 0.380 e. The normalized spacial score (nSPS) is 24.2. The molecular formula is C14H21N3O. The zero-order valence-electron chi connectivity index (χ0n) is 11.0. The van der Waals surface area contributed by atoms with Crippen LogP contribution in [0.15, 0.2) is 12.3 Å². The van der Waals surface area contributed by atoms with Gasteiger partial charge < -0.3 is 10.1 Å². The van der Waals surface area contributed by atoms with Crippen molar-refractivity contribution in [3.63, 3.8) is 0 Å². The maximum Gasteiger partial charge on any atom is 0.0710 e. The van der Waals surface area contributed by atoms with E-state index in [-0.39, 0.29) is 0 Å². The zero-order chi connectivity index (χ0) is 12.4. The first-order chi connectivity index (χ1) is 8.86. The lowest BCUT2D eigenvalue weighted by Crippen LogP contribution is -2.28. The second kappa shape index (κ2) is 5.34. The zero-order valence-corrected chi connectivity index (χ0v) is 11.0. The van der Waals surface area contributed by atoms with Crippen LogP contribution in [0, 0.1) is 0 Å². The number of hydrogen-bond donors (Lipinski definition) is 1. The quantitative estimate of drug-likeness (QED) is 0.863. The van der Waals surface area contributed by atoms with Crippen molar-refractivity contribution in [2.45, 2.75) is 32.0 Å². The van der Waals surface area contributed by atoms with Gasteiger partial charge in [0.25, 0.3) is 0 Å². The van der Waals surface area contributed by atoms with Gasteiger partial charge in [0, 0.05) is 39.5 Å². The molecule has 1 atom stereocenters. The summed E-state index contributed by atoms with van der Waals surface area (Å²) in [5, 5.41) is 3.42. The molecule has 2 aliphatic rings. The lowest BCUT2D eigenvalue weighted by atomic mass is 10.00. The summed E-state index contributed by atoms with van der Waals surface area (Å²) in [5.74, 6) is 0. The van der Waals surface area contributed by atoms with E-state index in [1.807, 2.05) is 13.3 Å². The Morgan fingerprint density at radius 2 is 2.50 bits per heavy atom. The highest BCUT2D eigenvalue weighted by molar-refractivity contribution is 5.32. The van der Waals surface area contributed by atoms with E-state index in [0.717, 1.165) is 45.6 Å². The second-order valence-corrected chi connectivity index (χ2v) is 5.20. The molecule has 1 aromatic rings. The van der Waals surface area contributed by atoms with E-state index >= 15 is 0 Å². The van der Waals surface area contributed by atoms with Crippen molar-refractivity contribution >= 4 is 0 Å². The lowest BCUT2D eigenvalue weighted by Gasteiger charge is -2.22. The summed E-state index contributed by atoms with van der Waals surface area (Å²) in [6, 6.07) is 2.15. The van der Waals surface area contributed by atoms with E-state index in [9.17, 15) is 0 Å². The van der Waals surface area contributed by atoms with Gasteiger partial charge in [0.05, 0.1) is 11.8 Å². The number of aromatic nitrogens is 1. The standard InChI is InChI=1S/C14H21N3O/c1-18-12-4-7-17(9-12)10-14-13-3-5-15-8-11(13)2-6-16-14/h2,6,12,15H,3-5,7-10H2,1H3. The van der Waals surface area contributed by atoms with Crippen LogP contribution in [0.1, 0.15) is 23.2 Å². The number of fused-ring (bicyclic) bond motifs is 1. The minimum absolute atomic E-state index is 0.409. The van der Waals surface area contributed by atoms with E-state index in [4.69, 9.17) is 4.74 Å². The minimum atomic E-state index is 0.409. The van der Waals surface area contributed by atoms with E-state index in [1.165, 1.54) is 16.8 Å². The molecule has 1 unspecified atom stereocenters. The van der Waals surface area contributed by atoms with Crippen molar-refractivity contribution in [2.75, 3.05) is 26.7 Å². The molecule has 0 spiro atoms. The van der Waals surface area contributed by atoms with Gasteiger partial charge in [0.15, 0.2) is 0 Å². The average molecular weight is 247 g/mol. The molecule has 0 amide bonds. The smallest absolute Gasteiger partial charge is 0.0710 e. The number of rotatable bonds is 3. The molecule has 1 fully saturated rings. The fourth-order valence-electron chi connectivity index (χ4n) is 2.97. The van der Waals surface area contributed by atoms with E-state index in [0.29, 0.717) is 6.10 Å². The molecule has 0 radical (unpaired) electrons. The van der Waals surface area contributed by atoms with E-state index < -0.39 is 0 Å². The van der Waals surface area contributed by atoms with Crippen LogP contribution in [0.25, 0.3) is 0 Å². The van der Waals surface area contributed by atoms with Gasteiger partial charge in [-0.15, -0.1) is 0 Å². The van der Waals surface area contributed by atoms with Crippen LogP contribution in [0.2, 0.25) is 0 Å². The van der Waals surface area contributed by atoms with Gasteiger partial charge in [-0.25, -0.2) is 0 Å². The summed E-state index contributed by atoms with van der Waals surface area (Å²) in [4.78, 5) is 7.05. The van der Waals surface area contributed by atoms with Crippen molar-refractivity contribution in [2.24, 2.45) is 0 Å². The van der Waals surface area contributed by atoms with Crippen LogP contribution in [0.4, 0.5) is 0 Å². The van der Waals surface area contributed by atoms with Crippen LogP contribution in [-0.2, 0) is 24.2 Å². The van der Waals surface area contributed by atoms with Gasteiger partial charge in [-0.2, -0.15) is 0 Å². The summed E-state index contributed by atoms with van der Waals surface area (Å²) in [6.07, 6.45) is 4.62. The molecule has 2 aliphatic heterocycles. The Bertz CT molecular complexity index is 422. The fraction of sp³-hybridized carbons (Fsp3) is 0.643. The lowest BCUT2D eigenvalue weighted by molar-refractivity contribution is 0.107. The summed E-state index contributed by atoms with van der Waals surface area (Å²) in [5.41, 5.74) is 4.16. The Kier molecular flexibility index (Phi) is 3.59. The highest BCUT2D eigenvalue weighted by Crippen LogP contribution is 2.20. The molecular weight excluding hydrogens is 226 g/mol. The number of pyridine rings is 1. The maximum atomic E-state index is 5.42. The van der Waals surface area contributed by atoms with Gasteiger partial charge in [-0.05, 0) is 36.6 Å². The predicted molar refractivity (Wildman–Crippen MR) is 70.3 cm³/mol. The van der Waals surface area contributed by atoms with Crippen LogP contribution < -0.4 is 5.32 Å². The Morgan fingerprint density at radius 1 is 1.56 bits per heavy atom. The topological polar surface area (TPSA) is 37.4 Å². The minimum Gasteiger partial charge on any atom is -0.380 e. The average Bonchev–Trinajstić information content (AvgIpc) is 2.87. The molecule has 4 heteroatoms. The molecule has 18 heavy (non-hydrogen) atoms. The van der Waals surface area contributed by atoms with Gasteiger partial charge in [0.1, 0.15) is 0 Å². The Hall–Kier alpha value is -0.970. The highest BCUT2D eigenvalue weighted by Gasteiger charge is 2.23. The Labute approximate surface area is 108 Å². The third-order valence-electron chi connectivity index (χ3n) is 4.05. The van der Waals surface area contributed by atoms with Gasteiger partial charge in [-0.1, -0.05) is 0 Å². The number of nitrogens with one attached hydrogen (secondary N) is 1. The van der Waals surface area contributed by atoms with Gasteiger partial charge in [-0.3, -0.25) is 9.88 Å². The molecule has 98 valence electrons. The van der Waals surface area contributed by atoms with E-state index in [2.05, 4.69) is 21.3 Å². The summed E-state index contributed by atoms with van der Waals surface area (Å²) >= 11 is 0. The third-order valence-corrected chi connectivity index (χ3v) is 4.05. The van der Waals surface area contributed by atoms with Crippen LogP contribution in [-0.4, -0.2) is 42.7 Å². The maximum absolute atomic E-state index is 5.42. The molecule has 0 aromatic carbocycles. The predicted octanol–water partition coefficient (Wildman–Crippen LogP) is 0.948. The third kappa shape index (κ3) is 2.41. The fourth-order valence-corrected chi connectivity index (χ4v) is 2.97. The molecule has 3 rings (SSSR count). The number of likely N-dealkylation sites (tertiary alicyclic amines) is 1. The first-order valence-corrected chi connectivity index (χ1v) is 6.78. The number of methoxy groups -OCH3 is 1. The van der Waals surface area contributed by atoms with E-state index in [1.54, 1.807) is 0 Å².